The van der Waals surface area contributed by atoms with E-state index < -0.39 is 58.7 Å². The van der Waals surface area contributed by atoms with E-state index in [4.69, 9.17) is 37.4 Å². The number of halogens is 2. The molecule has 10 nitrogen and oxygen atoms in total. The molecule has 14 heteroatoms. The number of carbonyl (C=O) groups excluding carboxylic acids is 3. The minimum atomic E-state index is -1.52. The van der Waals surface area contributed by atoms with Crippen LogP contribution in [0.1, 0.15) is 96.6 Å². The third-order valence-electron chi connectivity index (χ3n) is 6.15. The molecular weight excluding hydrogens is 579 g/mol. The Morgan fingerprint density at radius 1 is 1.05 bits per heavy atom. The lowest BCUT2D eigenvalue weighted by atomic mass is 9.95. The van der Waals surface area contributed by atoms with E-state index in [9.17, 15) is 24.6 Å². The molecule has 0 saturated heterocycles. The molecule has 0 aliphatic carbocycles. The molecule has 38 heavy (non-hydrogen) atoms. The number of nitrogens with zero attached hydrogens (tertiary/aromatic N) is 2. The van der Waals surface area contributed by atoms with Crippen molar-refractivity contribution >= 4 is 63.8 Å². The number of aromatic nitrogens is 2. The topological polar surface area (TPSA) is 145 Å². The number of alkyl halides is 2. The Bertz CT molecular complexity index is 1150. The Labute approximate surface area is 238 Å². The average Bonchev–Trinajstić information content (AvgIpc) is 3.53. The standard InChI is InChI=1S/C24H30Cl2N2O8S2/c1-5-23(3,33)17-19-28-13(10-38-19)21(31)34-9-15(29)18-27-14(11-37-18)22(32)35-16(12(2)20(30)36-17)7-6-8-24(4,25)26/h10-12,15-17,29,33H,5-9H2,1-4H3. The Kier molecular flexibility index (Phi) is 10.2. The van der Waals surface area contributed by atoms with Gasteiger partial charge >= 0.3 is 17.9 Å². The van der Waals surface area contributed by atoms with Gasteiger partial charge in [-0.2, -0.15) is 0 Å². The third kappa shape index (κ3) is 7.86. The van der Waals surface area contributed by atoms with Crippen LogP contribution in [0.2, 0.25) is 0 Å². The van der Waals surface area contributed by atoms with Crippen molar-refractivity contribution in [3.63, 3.8) is 0 Å². The Morgan fingerprint density at radius 2 is 1.66 bits per heavy atom. The second kappa shape index (κ2) is 12.6. The van der Waals surface area contributed by atoms with Gasteiger partial charge in [0.15, 0.2) is 17.5 Å². The number of aliphatic hydroxyl groups is 2. The van der Waals surface area contributed by atoms with Crippen LogP contribution < -0.4 is 0 Å². The zero-order valence-corrected chi connectivity index (χ0v) is 24.5. The monoisotopic (exact) mass is 608 g/mol. The van der Waals surface area contributed by atoms with Crippen LogP contribution in [0.4, 0.5) is 0 Å². The molecule has 2 aromatic rings. The number of hydrogen-bond donors (Lipinski definition) is 2. The van der Waals surface area contributed by atoms with Crippen LogP contribution in [0.3, 0.4) is 0 Å². The zero-order valence-electron chi connectivity index (χ0n) is 21.3. The van der Waals surface area contributed by atoms with E-state index in [-0.39, 0.29) is 34.2 Å². The fourth-order valence-corrected chi connectivity index (χ4v) is 5.55. The number of rotatable bonds is 6. The minimum Gasteiger partial charge on any atom is -0.458 e. The first kappa shape index (κ1) is 30.7. The van der Waals surface area contributed by atoms with Crippen molar-refractivity contribution in [1.82, 2.24) is 9.97 Å². The molecule has 5 atom stereocenters. The van der Waals surface area contributed by atoms with Crippen molar-refractivity contribution in [3.8, 4) is 0 Å². The van der Waals surface area contributed by atoms with Gasteiger partial charge in [0.1, 0.15) is 38.8 Å². The Balaban J connectivity index is 1.98. The molecule has 210 valence electrons. The molecule has 5 unspecified atom stereocenters. The number of carbonyl (C=O) groups is 3. The van der Waals surface area contributed by atoms with Crippen LogP contribution in [-0.2, 0) is 19.0 Å². The number of ether oxygens (including phenoxy) is 3. The van der Waals surface area contributed by atoms with Gasteiger partial charge in [0.25, 0.3) is 0 Å². The van der Waals surface area contributed by atoms with Crippen LogP contribution in [0.25, 0.3) is 0 Å². The highest BCUT2D eigenvalue weighted by atomic mass is 35.5. The van der Waals surface area contributed by atoms with Crippen molar-refractivity contribution in [1.29, 1.82) is 0 Å². The van der Waals surface area contributed by atoms with Gasteiger partial charge in [0.2, 0.25) is 0 Å². The van der Waals surface area contributed by atoms with Gasteiger partial charge in [-0.05, 0) is 46.5 Å². The summed E-state index contributed by atoms with van der Waals surface area (Å²) in [4.78, 5) is 47.1. The first-order valence-electron chi connectivity index (χ1n) is 12.0. The molecule has 1 aliphatic rings. The van der Waals surface area contributed by atoms with Gasteiger partial charge in [-0.3, -0.25) is 4.79 Å². The predicted octanol–water partition coefficient (Wildman–Crippen LogP) is 4.77. The van der Waals surface area contributed by atoms with E-state index in [1.807, 2.05) is 0 Å². The molecule has 3 heterocycles. The number of cyclic esters (lactones) is 3. The van der Waals surface area contributed by atoms with Gasteiger partial charge in [0, 0.05) is 10.8 Å². The van der Waals surface area contributed by atoms with Crippen molar-refractivity contribution in [3.05, 3.63) is 32.2 Å². The molecule has 0 spiro atoms. The summed E-state index contributed by atoms with van der Waals surface area (Å²) >= 11 is 14.2. The zero-order chi connectivity index (χ0) is 28.3. The molecule has 4 bridgehead atoms. The Morgan fingerprint density at radius 3 is 2.29 bits per heavy atom. The summed E-state index contributed by atoms with van der Waals surface area (Å²) in [6.45, 7) is 5.97. The number of aliphatic hydroxyl groups excluding tert-OH is 1. The largest absolute Gasteiger partial charge is 0.458 e. The fourth-order valence-electron chi connectivity index (χ4n) is 3.56. The molecule has 0 saturated carbocycles. The van der Waals surface area contributed by atoms with Gasteiger partial charge in [-0.1, -0.05) is 6.92 Å². The quantitative estimate of drug-likeness (QED) is 0.267. The highest BCUT2D eigenvalue weighted by molar-refractivity contribution is 7.10. The van der Waals surface area contributed by atoms with E-state index in [0.717, 1.165) is 22.7 Å². The first-order valence-corrected chi connectivity index (χ1v) is 14.5. The molecule has 0 radical (unpaired) electrons. The third-order valence-corrected chi connectivity index (χ3v) is 8.36. The summed E-state index contributed by atoms with van der Waals surface area (Å²) in [5.74, 6) is -3.30. The van der Waals surface area contributed by atoms with Crippen molar-refractivity contribution in [2.75, 3.05) is 6.61 Å². The number of fused-ring (bicyclic) bond motifs is 4. The molecule has 0 amide bonds. The second-order valence-electron chi connectivity index (χ2n) is 9.48. The number of hydrogen-bond acceptors (Lipinski definition) is 12. The summed E-state index contributed by atoms with van der Waals surface area (Å²) in [6, 6.07) is 0. The average molecular weight is 610 g/mol. The van der Waals surface area contributed by atoms with E-state index in [1.165, 1.54) is 17.7 Å². The van der Waals surface area contributed by atoms with Crippen LogP contribution >= 0.6 is 45.9 Å². The van der Waals surface area contributed by atoms with Crippen LogP contribution in [-0.4, -0.2) is 60.7 Å². The normalized spacial score (nSPS) is 25.1. The maximum absolute atomic E-state index is 13.3. The van der Waals surface area contributed by atoms with Crippen molar-refractivity contribution in [2.45, 2.75) is 81.6 Å². The number of esters is 3. The smallest absolute Gasteiger partial charge is 0.358 e. The summed E-state index contributed by atoms with van der Waals surface area (Å²) < 4.78 is 15.6. The second-order valence-corrected chi connectivity index (χ2v) is 13.1. The summed E-state index contributed by atoms with van der Waals surface area (Å²) in [6.07, 6.45) is -2.15. The lowest BCUT2D eigenvalue weighted by molar-refractivity contribution is -0.173. The summed E-state index contributed by atoms with van der Waals surface area (Å²) in [5, 5.41) is 24.6. The van der Waals surface area contributed by atoms with Gasteiger partial charge < -0.3 is 24.4 Å². The van der Waals surface area contributed by atoms with Crippen LogP contribution in [0.15, 0.2) is 10.8 Å². The predicted molar refractivity (Wildman–Crippen MR) is 142 cm³/mol. The minimum absolute atomic E-state index is 0.0658. The summed E-state index contributed by atoms with van der Waals surface area (Å²) in [5.41, 5.74) is -1.65. The summed E-state index contributed by atoms with van der Waals surface area (Å²) in [7, 11) is 0. The fraction of sp³-hybridized carbons (Fsp3) is 0.625. The van der Waals surface area contributed by atoms with Crippen molar-refractivity contribution < 1.29 is 38.8 Å². The van der Waals surface area contributed by atoms with Crippen LogP contribution in [0.5, 0.6) is 0 Å². The van der Waals surface area contributed by atoms with E-state index in [0.29, 0.717) is 12.8 Å². The van der Waals surface area contributed by atoms with Crippen molar-refractivity contribution in [2.24, 2.45) is 5.92 Å². The van der Waals surface area contributed by atoms with E-state index >= 15 is 0 Å². The van der Waals surface area contributed by atoms with E-state index in [2.05, 4.69) is 9.97 Å². The molecule has 0 fully saturated rings. The molecule has 3 rings (SSSR count). The van der Waals surface area contributed by atoms with Gasteiger partial charge in [0.05, 0.1) is 5.92 Å². The lowest BCUT2D eigenvalue weighted by Crippen LogP contribution is -2.39. The van der Waals surface area contributed by atoms with Gasteiger partial charge in [-0.15, -0.1) is 45.9 Å². The first-order chi connectivity index (χ1) is 17.7. The van der Waals surface area contributed by atoms with E-state index in [1.54, 1.807) is 20.8 Å². The highest BCUT2D eigenvalue weighted by Gasteiger charge is 2.40. The SMILES string of the molecule is CCC(C)(O)C1OC(=O)C(C)C(CCCC(C)(Cl)Cl)OC(=O)c2csc(n2)C(O)COC(=O)c2csc1n2. The molecular formula is C24H30Cl2N2O8S2. The molecule has 2 aromatic heterocycles. The molecule has 1 aliphatic heterocycles. The van der Waals surface area contributed by atoms with Gasteiger partial charge in [-0.25, -0.2) is 19.6 Å². The molecule has 0 aromatic carbocycles. The maximum atomic E-state index is 13.3. The Hall–Kier alpha value is -1.83. The molecule has 2 N–H and O–H groups in total. The maximum Gasteiger partial charge on any atom is 0.358 e. The lowest BCUT2D eigenvalue weighted by Gasteiger charge is -2.32. The van der Waals surface area contributed by atoms with Crippen LogP contribution in [0, 0.1) is 5.92 Å². The number of thiazole rings is 2. The highest BCUT2D eigenvalue weighted by Crippen LogP contribution is 2.36.